The molecule has 3 rings (SSSR count). The van der Waals surface area contributed by atoms with E-state index in [1.165, 1.54) is 12.1 Å². The summed E-state index contributed by atoms with van der Waals surface area (Å²) >= 11 is -1.14. The molecule has 2 aromatic carbocycles. The summed E-state index contributed by atoms with van der Waals surface area (Å²) in [5.41, 5.74) is 1.85. The van der Waals surface area contributed by atoms with Gasteiger partial charge in [0.05, 0.1) is 6.04 Å². The lowest BCUT2D eigenvalue weighted by atomic mass is 10.0. The molecule has 2 aromatic rings. The maximum absolute atomic E-state index is 14.0. The molecule has 1 saturated heterocycles. The fraction of sp³-hybridized carbons (Fsp3) is 0.429. The van der Waals surface area contributed by atoms with Crippen molar-refractivity contribution in [2.75, 3.05) is 6.54 Å². The first-order valence-electron chi connectivity index (χ1n) is 9.01. The average Bonchev–Trinajstić information content (AvgIpc) is 3.09. The molecule has 0 aromatic heterocycles. The zero-order valence-electron chi connectivity index (χ0n) is 15.6. The predicted molar refractivity (Wildman–Crippen MR) is 104 cm³/mol. The quantitative estimate of drug-likeness (QED) is 0.690. The van der Waals surface area contributed by atoms with Crippen molar-refractivity contribution in [3.63, 3.8) is 0 Å². The molecule has 140 valence electrons. The first-order valence-corrected chi connectivity index (χ1v) is 10.1. The van der Waals surface area contributed by atoms with Gasteiger partial charge in [0, 0.05) is 23.5 Å². The smallest absolute Gasteiger partial charge is 0.137 e. The molecule has 3 nitrogen and oxygen atoms in total. The summed E-state index contributed by atoms with van der Waals surface area (Å²) in [5.74, 6) is 0.374. The standard InChI is InChI=1S/C21H26FNO2S/c1-21(2,3)26(24)23-13-7-10-19(23)18-14-17(22)11-12-20(18)25-15-16-8-5-4-6-9-16/h4-6,8-9,11-12,14,19H,7,10,13,15H2,1-3H3/t19-,26+/m1/s1. The second-order valence-corrected chi connectivity index (χ2v) is 9.81. The van der Waals surface area contributed by atoms with Gasteiger partial charge in [-0.3, -0.25) is 0 Å². The number of hydrogen-bond acceptors (Lipinski definition) is 3. The van der Waals surface area contributed by atoms with Crippen molar-refractivity contribution in [3.8, 4) is 5.75 Å². The molecule has 0 N–H and O–H groups in total. The third kappa shape index (κ3) is 4.40. The van der Waals surface area contributed by atoms with Crippen molar-refractivity contribution in [2.45, 2.75) is 51.0 Å². The van der Waals surface area contributed by atoms with E-state index in [2.05, 4.69) is 0 Å². The van der Waals surface area contributed by atoms with Gasteiger partial charge in [0.2, 0.25) is 0 Å². The van der Waals surface area contributed by atoms with Gasteiger partial charge in [-0.2, -0.15) is 0 Å². The molecule has 2 atom stereocenters. The molecule has 0 aliphatic carbocycles. The first kappa shape index (κ1) is 19.2. The normalized spacial score (nSPS) is 19.5. The Labute approximate surface area is 158 Å². The molecule has 1 fully saturated rings. The molecular formula is C21H26FNO2S. The second-order valence-electron chi connectivity index (χ2n) is 7.62. The maximum atomic E-state index is 14.0. The molecule has 26 heavy (non-hydrogen) atoms. The van der Waals surface area contributed by atoms with Crippen LogP contribution in [0.4, 0.5) is 4.39 Å². The summed E-state index contributed by atoms with van der Waals surface area (Å²) in [4.78, 5) is 0. The van der Waals surface area contributed by atoms with Crippen LogP contribution in [0.3, 0.4) is 0 Å². The number of rotatable bonds is 5. The van der Waals surface area contributed by atoms with Crippen LogP contribution in [0.15, 0.2) is 48.5 Å². The fourth-order valence-electron chi connectivity index (χ4n) is 3.25. The van der Waals surface area contributed by atoms with Crippen LogP contribution in [-0.4, -0.2) is 20.1 Å². The number of ether oxygens (including phenoxy) is 1. The molecule has 0 spiro atoms. The van der Waals surface area contributed by atoms with E-state index in [0.29, 0.717) is 12.4 Å². The van der Waals surface area contributed by atoms with Crippen molar-refractivity contribution in [1.82, 2.24) is 4.31 Å². The van der Waals surface area contributed by atoms with Crippen LogP contribution in [0.25, 0.3) is 0 Å². The first-order chi connectivity index (χ1) is 12.4. The molecule has 1 aliphatic rings. The van der Waals surface area contributed by atoms with Gasteiger partial charge in [-0.15, -0.1) is 4.31 Å². The number of benzene rings is 2. The summed E-state index contributed by atoms with van der Waals surface area (Å²) in [7, 11) is 0. The summed E-state index contributed by atoms with van der Waals surface area (Å²) in [6, 6.07) is 14.4. The molecule has 0 unspecified atom stereocenters. The van der Waals surface area contributed by atoms with Gasteiger partial charge in [0.25, 0.3) is 0 Å². The molecule has 1 aliphatic heterocycles. The van der Waals surface area contributed by atoms with E-state index in [9.17, 15) is 8.94 Å². The highest BCUT2D eigenvalue weighted by atomic mass is 32.2. The van der Waals surface area contributed by atoms with Crippen molar-refractivity contribution in [2.24, 2.45) is 0 Å². The predicted octanol–water partition coefficient (Wildman–Crippen LogP) is 5.00. The van der Waals surface area contributed by atoms with Gasteiger partial charge in [-0.05, 0) is 57.4 Å². The highest BCUT2D eigenvalue weighted by Crippen LogP contribution is 2.41. The van der Waals surface area contributed by atoms with E-state index in [1.807, 2.05) is 55.4 Å². The lowest BCUT2D eigenvalue weighted by Gasteiger charge is -2.34. The van der Waals surface area contributed by atoms with Crippen LogP contribution in [0.5, 0.6) is 5.75 Å². The van der Waals surface area contributed by atoms with E-state index >= 15 is 0 Å². The largest absolute Gasteiger partial charge is 0.597 e. The topological polar surface area (TPSA) is 35.5 Å². The zero-order chi connectivity index (χ0) is 18.7. The Bertz CT molecular complexity index is 733. The molecule has 1 heterocycles. The Balaban J connectivity index is 1.85. The summed E-state index contributed by atoms with van der Waals surface area (Å²) in [5, 5.41) is 0. The van der Waals surface area contributed by atoms with Gasteiger partial charge >= 0.3 is 0 Å². The SMILES string of the molecule is CC(C)(C)[S@+]([O-])N1CCC[C@@H]1c1cc(F)ccc1OCc1ccccc1. The van der Waals surface area contributed by atoms with Gasteiger partial charge in [-0.25, -0.2) is 4.39 Å². The summed E-state index contributed by atoms with van der Waals surface area (Å²) < 4.78 is 34.6. The lowest BCUT2D eigenvalue weighted by Crippen LogP contribution is -2.42. The minimum Gasteiger partial charge on any atom is -0.597 e. The Morgan fingerprint density at radius 3 is 2.62 bits per heavy atom. The molecule has 0 bridgehead atoms. The highest BCUT2D eigenvalue weighted by Gasteiger charge is 2.42. The molecule has 0 radical (unpaired) electrons. The monoisotopic (exact) mass is 375 g/mol. The van der Waals surface area contributed by atoms with E-state index < -0.39 is 11.4 Å². The van der Waals surface area contributed by atoms with Gasteiger partial charge in [0.1, 0.15) is 22.9 Å². The van der Waals surface area contributed by atoms with Gasteiger partial charge in [0.15, 0.2) is 0 Å². The Kier molecular flexibility index (Phi) is 5.90. The lowest BCUT2D eigenvalue weighted by molar-refractivity contribution is 0.291. The second kappa shape index (κ2) is 7.99. The molecule has 5 heteroatoms. The third-order valence-corrected chi connectivity index (χ3v) is 6.42. The van der Waals surface area contributed by atoms with Crippen molar-refractivity contribution in [3.05, 3.63) is 65.5 Å². The van der Waals surface area contributed by atoms with Crippen LogP contribution < -0.4 is 4.74 Å². The minimum atomic E-state index is -1.14. The highest BCUT2D eigenvalue weighted by molar-refractivity contribution is 7.90. The summed E-state index contributed by atoms with van der Waals surface area (Å²) in [6.07, 6.45) is 1.80. The fourth-order valence-corrected chi connectivity index (χ4v) is 4.70. The molecule has 0 saturated carbocycles. The van der Waals surface area contributed by atoms with E-state index in [4.69, 9.17) is 4.74 Å². The van der Waals surface area contributed by atoms with Crippen LogP contribution in [-0.2, 0) is 18.0 Å². The average molecular weight is 376 g/mol. The Morgan fingerprint density at radius 2 is 1.92 bits per heavy atom. The van der Waals surface area contributed by atoms with Crippen molar-refractivity contribution in [1.29, 1.82) is 0 Å². The van der Waals surface area contributed by atoms with Crippen LogP contribution in [0, 0.1) is 5.82 Å². The van der Waals surface area contributed by atoms with Gasteiger partial charge < -0.3 is 9.29 Å². The van der Waals surface area contributed by atoms with E-state index in [1.54, 1.807) is 6.07 Å². The van der Waals surface area contributed by atoms with Crippen molar-refractivity contribution < 1.29 is 13.7 Å². The van der Waals surface area contributed by atoms with E-state index in [-0.39, 0.29) is 16.6 Å². The molecule has 0 amide bonds. The Hall–Kier alpha value is -1.56. The third-order valence-electron chi connectivity index (χ3n) is 4.51. The Morgan fingerprint density at radius 1 is 1.19 bits per heavy atom. The van der Waals surface area contributed by atoms with Crippen LogP contribution >= 0.6 is 0 Å². The zero-order valence-corrected chi connectivity index (χ0v) is 16.4. The van der Waals surface area contributed by atoms with Crippen LogP contribution in [0.2, 0.25) is 0 Å². The molecular weight excluding hydrogens is 349 g/mol. The minimum absolute atomic E-state index is 0.0865. The van der Waals surface area contributed by atoms with Crippen LogP contribution in [0.1, 0.15) is 50.8 Å². The maximum Gasteiger partial charge on any atom is 0.137 e. The van der Waals surface area contributed by atoms with Crippen molar-refractivity contribution >= 4 is 11.4 Å². The van der Waals surface area contributed by atoms with Gasteiger partial charge in [-0.1, -0.05) is 30.3 Å². The van der Waals surface area contributed by atoms with E-state index in [0.717, 1.165) is 30.5 Å². The number of nitrogens with zero attached hydrogens (tertiary/aromatic N) is 1. The summed E-state index contributed by atoms with van der Waals surface area (Å²) in [6.45, 7) is 7.09. The number of halogens is 1. The number of hydrogen-bond donors (Lipinski definition) is 0.